The molecule has 70 valence electrons. The van der Waals surface area contributed by atoms with Crippen molar-refractivity contribution in [3.8, 4) is 11.5 Å². The van der Waals surface area contributed by atoms with Gasteiger partial charge in [0.2, 0.25) is 0 Å². The first kappa shape index (κ1) is 15.1. The maximum Gasteiger partial charge on any atom is 0.136 e. The number of halogens is 1. The Morgan fingerprint density at radius 1 is 1.08 bits per heavy atom. The van der Waals surface area contributed by atoms with E-state index in [1.807, 2.05) is 18.2 Å². The van der Waals surface area contributed by atoms with Crippen LogP contribution in [0.5, 0.6) is 11.5 Å². The third-order valence-corrected chi connectivity index (χ3v) is 1.45. The second-order valence-corrected chi connectivity index (χ2v) is 2.19. The maximum atomic E-state index is 5.05. The Morgan fingerprint density at radius 2 is 1.62 bits per heavy atom. The van der Waals surface area contributed by atoms with Gasteiger partial charge in [0.25, 0.3) is 0 Å². The Kier molecular flexibility index (Phi) is 8.18. The predicted molar refractivity (Wildman–Crippen MR) is 51.3 cm³/mol. The molecule has 0 aliphatic rings. The van der Waals surface area contributed by atoms with Crippen molar-refractivity contribution in [2.24, 2.45) is 0 Å². The van der Waals surface area contributed by atoms with Gasteiger partial charge in [-0.05, 0) is 0 Å². The zero-order chi connectivity index (χ0) is 8.27. The van der Waals surface area contributed by atoms with Gasteiger partial charge in [-0.25, -0.2) is 0 Å². The van der Waals surface area contributed by atoms with Gasteiger partial charge >= 0.3 is 0 Å². The number of benzene rings is 1. The number of hydrogen-bond donors (Lipinski definition) is 0. The van der Waals surface area contributed by atoms with Crippen molar-refractivity contribution in [1.29, 1.82) is 0 Å². The van der Waals surface area contributed by atoms with Crippen LogP contribution in [0.1, 0.15) is 5.56 Å². The average molecular weight is 253 g/mol. The molecule has 0 bridgehead atoms. The molecule has 1 aromatic carbocycles. The number of hydrogen-bond acceptors (Lipinski definition) is 2. The fraction of sp³-hybridized carbons (Fsp3) is 0.222. The van der Waals surface area contributed by atoms with Gasteiger partial charge in [0.05, 0.1) is 14.2 Å². The Balaban J connectivity index is 0. The normalized spacial score (nSPS) is 7.85. The minimum absolute atomic E-state index is 0. The molecule has 0 unspecified atom stereocenters. The molecule has 4 heteroatoms. The van der Waals surface area contributed by atoms with Crippen LogP contribution in [0.4, 0.5) is 0 Å². The monoisotopic (exact) mass is 251 g/mol. The molecular formula is C9H12ClO2Zn-. The van der Waals surface area contributed by atoms with E-state index >= 15 is 0 Å². The largest absolute Gasteiger partial charge is 0.506 e. The Hall–Kier alpha value is -0.397. The Labute approximate surface area is 97.8 Å². The van der Waals surface area contributed by atoms with Crippen molar-refractivity contribution in [2.45, 2.75) is 0 Å². The predicted octanol–water partition coefficient (Wildman–Crippen LogP) is 2.31. The summed E-state index contributed by atoms with van der Waals surface area (Å²) < 4.78 is 10.1. The van der Waals surface area contributed by atoms with Gasteiger partial charge in [-0.3, -0.25) is 0 Å². The van der Waals surface area contributed by atoms with Gasteiger partial charge in [-0.15, -0.1) is 18.5 Å². The van der Waals surface area contributed by atoms with E-state index in [1.54, 1.807) is 14.2 Å². The van der Waals surface area contributed by atoms with Crippen LogP contribution in [0.2, 0.25) is 0 Å². The van der Waals surface area contributed by atoms with Crippen molar-refractivity contribution in [3.63, 3.8) is 0 Å². The summed E-state index contributed by atoms with van der Waals surface area (Å²) in [6.07, 6.45) is 0. The van der Waals surface area contributed by atoms with E-state index in [9.17, 15) is 0 Å². The van der Waals surface area contributed by atoms with E-state index < -0.39 is 0 Å². The van der Waals surface area contributed by atoms with E-state index in [-0.39, 0.29) is 31.9 Å². The fourth-order valence-electron chi connectivity index (χ4n) is 0.881. The molecule has 0 atom stereocenters. The summed E-state index contributed by atoms with van der Waals surface area (Å²) in [4.78, 5) is 0. The van der Waals surface area contributed by atoms with Gasteiger partial charge in [-0.1, -0.05) is 6.07 Å². The standard InChI is InChI=1S/C9H11O2.ClH.Zn/c1-7-4-5-8(10-2)9(6-7)11-3;;/h4-6H,1H2,2-3H3;1H;/q-1;;. The third kappa shape index (κ3) is 3.88. The average Bonchev–Trinajstić information content (AvgIpc) is 2.04. The smallest absolute Gasteiger partial charge is 0.136 e. The van der Waals surface area contributed by atoms with E-state index in [0.29, 0.717) is 0 Å². The van der Waals surface area contributed by atoms with Crippen LogP contribution in [0, 0.1) is 6.92 Å². The van der Waals surface area contributed by atoms with Crippen molar-refractivity contribution >= 4 is 12.4 Å². The molecule has 13 heavy (non-hydrogen) atoms. The summed E-state index contributed by atoms with van der Waals surface area (Å²) in [7, 11) is 3.22. The molecule has 0 radical (unpaired) electrons. The number of methoxy groups -OCH3 is 2. The van der Waals surface area contributed by atoms with Crippen molar-refractivity contribution in [3.05, 3.63) is 30.7 Å². The molecule has 0 N–H and O–H groups in total. The Bertz CT molecular complexity index is 253. The molecule has 1 rings (SSSR count). The second kappa shape index (κ2) is 7.05. The van der Waals surface area contributed by atoms with E-state index in [1.165, 1.54) is 0 Å². The van der Waals surface area contributed by atoms with Crippen LogP contribution >= 0.6 is 12.4 Å². The van der Waals surface area contributed by atoms with Crippen molar-refractivity contribution in [2.75, 3.05) is 14.2 Å². The SMILES string of the molecule is Cl.[CH2-]c1ccc(OC)c(OC)c1.[Zn]. The molecule has 2 nitrogen and oxygen atoms in total. The Morgan fingerprint density at radius 3 is 2.08 bits per heavy atom. The van der Waals surface area contributed by atoms with Crippen LogP contribution in [-0.4, -0.2) is 14.2 Å². The zero-order valence-electron chi connectivity index (χ0n) is 7.87. The summed E-state index contributed by atoms with van der Waals surface area (Å²) in [5, 5.41) is 0. The maximum absolute atomic E-state index is 5.05. The van der Waals surface area contributed by atoms with Crippen molar-refractivity contribution < 1.29 is 29.0 Å². The van der Waals surface area contributed by atoms with Crippen LogP contribution in [0.25, 0.3) is 0 Å². The van der Waals surface area contributed by atoms with E-state index in [2.05, 4.69) is 6.92 Å². The first-order chi connectivity index (χ1) is 5.27. The van der Waals surface area contributed by atoms with E-state index in [4.69, 9.17) is 9.47 Å². The summed E-state index contributed by atoms with van der Waals surface area (Å²) in [6, 6.07) is 5.54. The third-order valence-electron chi connectivity index (χ3n) is 1.45. The molecular weight excluding hydrogens is 241 g/mol. The zero-order valence-corrected chi connectivity index (χ0v) is 11.7. The van der Waals surface area contributed by atoms with Crippen molar-refractivity contribution in [1.82, 2.24) is 0 Å². The molecule has 0 fully saturated rings. The summed E-state index contributed by atoms with van der Waals surface area (Å²) in [5.74, 6) is 1.46. The van der Waals surface area contributed by atoms with Gasteiger partial charge in [0.15, 0.2) is 0 Å². The molecule has 0 aromatic heterocycles. The molecule has 0 saturated carbocycles. The van der Waals surface area contributed by atoms with Crippen LogP contribution < -0.4 is 9.47 Å². The fourth-order valence-corrected chi connectivity index (χ4v) is 0.881. The summed E-state index contributed by atoms with van der Waals surface area (Å²) in [6.45, 7) is 3.77. The second-order valence-electron chi connectivity index (χ2n) is 2.19. The van der Waals surface area contributed by atoms with Gasteiger partial charge < -0.3 is 9.47 Å². The molecule has 0 aliphatic heterocycles. The number of ether oxygens (including phenoxy) is 2. The molecule has 0 amide bonds. The number of rotatable bonds is 2. The molecule has 0 saturated heterocycles. The van der Waals surface area contributed by atoms with Gasteiger partial charge in [0, 0.05) is 19.5 Å². The summed E-state index contributed by atoms with van der Waals surface area (Å²) >= 11 is 0. The minimum Gasteiger partial charge on any atom is -0.506 e. The van der Waals surface area contributed by atoms with Crippen LogP contribution in [0.15, 0.2) is 18.2 Å². The van der Waals surface area contributed by atoms with Crippen LogP contribution in [-0.2, 0) is 19.5 Å². The molecule has 1 aromatic rings. The minimum atomic E-state index is 0. The summed E-state index contributed by atoms with van der Waals surface area (Å²) in [5.41, 5.74) is 0.919. The first-order valence-electron chi connectivity index (χ1n) is 3.32. The first-order valence-corrected chi connectivity index (χ1v) is 3.32. The quantitative estimate of drug-likeness (QED) is 0.594. The van der Waals surface area contributed by atoms with E-state index in [0.717, 1.165) is 17.1 Å². The van der Waals surface area contributed by atoms with Gasteiger partial charge in [0.1, 0.15) is 11.5 Å². The molecule has 0 spiro atoms. The van der Waals surface area contributed by atoms with Gasteiger partial charge in [-0.2, -0.15) is 18.6 Å². The van der Waals surface area contributed by atoms with Crippen LogP contribution in [0.3, 0.4) is 0 Å². The molecule has 0 heterocycles. The molecule has 0 aliphatic carbocycles. The topological polar surface area (TPSA) is 18.5 Å².